The van der Waals surface area contributed by atoms with Crippen LogP contribution < -0.4 is 20.5 Å². The van der Waals surface area contributed by atoms with E-state index in [4.69, 9.17) is 19.9 Å². The summed E-state index contributed by atoms with van der Waals surface area (Å²) in [7, 11) is 0. The number of ether oxygens (including phenoxy) is 3. The Balaban J connectivity index is 1.11. The van der Waals surface area contributed by atoms with E-state index in [9.17, 15) is 4.79 Å². The maximum absolute atomic E-state index is 13.0. The molecule has 2 aliphatic heterocycles. The number of benzene rings is 2. The maximum Gasteiger partial charge on any atom is 0.281 e. The van der Waals surface area contributed by atoms with Crippen LogP contribution in [-0.4, -0.2) is 96.2 Å². The van der Waals surface area contributed by atoms with Crippen LogP contribution in [0.25, 0.3) is 0 Å². The van der Waals surface area contributed by atoms with Crippen LogP contribution in [0.3, 0.4) is 0 Å². The molecule has 3 N–H and O–H groups in total. The second-order valence-corrected chi connectivity index (χ2v) is 9.38. The first-order valence-corrected chi connectivity index (χ1v) is 13.2. The van der Waals surface area contributed by atoms with E-state index in [1.807, 2.05) is 24.3 Å². The van der Waals surface area contributed by atoms with E-state index in [1.54, 1.807) is 24.3 Å². The lowest BCUT2D eigenvalue weighted by molar-refractivity contribution is 0.0322. The van der Waals surface area contributed by atoms with Gasteiger partial charge in [-0.15, -0.1) is 5.10 Å². The summed E-state index contributed by atoms with van der Waals surface area (Å²) in [5, 5.41) is 7.35. The van der Waals surface area contributed by atoms with Crippen molar-refractivity contribution in [3.05, 3.63) is 54.1 Å². The molecule has 0 saturated carbocycles. The molecular weight excluding hydrogens is 486 g/mol. The SMILES string of the molecule is Nc1nc(Nc2ccc(OCCN3CCCC3)cc2)nn1C(=O)c1ccc(OCCN2CCOCC2)cc1. The molecule has 0 atom stereocenters. The molecule has 0 radical (unpaired) electrons. The van der Waals surface area contributed by atoms with E-state index in [1.165, 1.54) is 12.8 Å². The normalized spacial score (nSPS) is 16.4. The molecule has 0 amide bonds. The Bertz CT molecular complexity index is 1170. The minimum atomic E-state index is -0.371. The molecule has 0 aliphatic carbocycles. The molecular formula is C27H35N7O4. The number of morpholine rings is 1. The van der Waals surface area contributed by atoms with Gasteiger partial charge in [0.1, 0.15) is 24.7 Å². The Morgan fingerprint density at radius 3 is 2.08 bits per heavy atom. The fourth-order valence-electron chi connectivity index (χ4n) is 4.52. The predicted molar refractivity (Wildman–Crippen MR) is 144 cm³/mol. The maximum atomic E-state index is 13.0. The summed E-state index contributed by atoms with van der Waals surface area (Å²) >= 11 is 0. The van der Waals surface area contributed by atoms with Gasteiger partial charge in [-0.1, -0.05) is 0 Å². The molecule has 5 rings (SSSR count). The van der Waals surface area contributed by atoms with E-state index in [2.05, 4.69) is 25.2 Å². The van der Waals surface area contributed by atoms with Crippen LogP contribution in [0.2, 0.25) is 0 Å². The number of anilines is 3. The van der Waals surface area contributed by atoms with Gasteiger partial charge < -0.3 is 25.3 Å². The number of likely N-dealkylation sites (tertiary alicyclic amines) is 1. The lowest BCUT2D eigenvalue weighted by Gasteiger charge is -2.26. The van der Waals surface area contributed by atoms with Gasteiger partial charge >= 0.3 is 0 Å². The fourth-order valence-corrected chi connectivity index (χ4v) is 4.52. The van der Waals surface area contributed by atoms with Crippen molar-refractivity contribution in [3.8, 4) is 11.5 Å². The van der Waals surface area contributed by atoms with Crippen molar-refractivity contribution in [2.45, 2.75) is 12.8 Å². The number of nitrogens with one attached hydrogen (secondary N) is 1. The first kappa shape index (κ1) is 26.0. The highest BCUT2D eigenvalue weighted by Gasteiger charge is 2.17. The van der Waals surface area contributed by atoms with Crippen LogP contribution in [0.4, 0.5) is 17.6 Å². The van der Waals surface area contributed by atoms with Crippen molar-refractivity contribution < 1.29 is 19.0 Å². The van der Waals surface area contributed by atoms with E-state index in [-0.39, 0.29) is 17.8 Å². The van der Waals surface area contributed by atoms with E-state index in [0.29, 0.717) is 24.5 Å². The zero-order valence-electron chi connectivity index (χ0n) is 21.6. The lowest BCUT2D eigenvalue weighted by Crippen LogP contribution is -2.38. The van der Waals surface area contributed by atoms with Gasteiger partial charge in [-0.05, 0) is 74.5 Å². The first-order valence-electron chi connectivity index (χ1n) is 13.2. The number of hydrogen-bond donors (Lipinski definition) is 2. The topological polar surface area (TPSA) is 120 Å². The van der Waals surface area contributed by atoms with Crippen molar-refractivity contribution in [3.63, 3.8) is 0 Å². The standard InChI is InChI=1S/C27H35N7O4/c28-26-30-27(29-22-5-9-24(10-6-22)38-19-15-32-11-1-2-12-32)31-34(26)25(35)21-3-7-23(8-4-21)37-20-16-33-13-17-36-18-14-33/h3-10H,1-2,11-20H2,(H3,28,29,30,31). The van der Waals surface area contributed by atoms with Crippen LogP contribution in [0.1, 0.15) is 23.2 Å². The number of nitrogens with two attached hydrogens (primary N) is 1. The molecule has 0 spiro atoms. The summed E-state index contributed by atoms with van der Waals surface area (Å²) in [6.07, 6.45) is 2.55. The molecule has 0 unspecified atom stereocenters. The van der Waals surface area contributed by atoms with Crippen LogP contribution >= 0.6 is 0 Å². The van der Waals surface area contributed by atoms with Crippen molar-refractivity contribution in [1.82, 2.24) is 24.6 Å². The average Bonchev–Trinajstić information content (AvgIpc) is 3.60. The third-order valence-corrected chi connectivity index (χ3v) is 6.69. The fraction of sp³-hybridized carbons (Fsp3) is 0.444. The van der Waals surface area contributed by atoms with Gasteiger partial charge in [0, 0.05) is 37.4 Å². The number of aromatic nitrogens is 3. The molecule has 2 aliphatic rings. The van der Waals surface area contributed by atoms with E-state index >= 15 is 0 Å². The Labute approximate surface area is 222 Å². The number of nitrogens with zero attached hydrogens (tertiary/aromatic N) is 5. The molecule has 11 heteroatoms. The molecule has 3 aromatic rings. The smallest absolute Gasteiger partial charge is 0.281 e. The van der Waals surface area contributed by atoms with E-state index in [0.717, 1.165) is 68.6 Å². The highest BCUT2D eigenvalue weighted by Crippen LogP contribution is 2.20. The second-order valence-electron chi connectivity index (χ2n) is 9.38. The number of carbonyl (C=O) groups excluding carboxylic acids is 1. The first-order chi connectivity index (χ1) is 18.6. The molecule has 0 bridgehead atoms. The van der Waals surface area contributed by atoms with Gasteiger partial charge in [-0.25, -0.2) is 0 Å². The van der Waals surface area contributed by atoms with E-state index < -0.39 is 0 Å². The van der Waals surface area contributed by atoms with Gasteiger partial charge in [-0.3, -0.25) is 14.6 Å². The van der Waals surface area contributed by atoms with Crippen molar-refractivity contribution in [2.75, 3.05) is 76.7 Å². The van der Waals surface area contributed by atoms with Crippen molar-refractivity contribution in [1.29, 1.82) is 0 Å². The molecule has 11 nitrogen and oxygen atoms in total. The van der Waals surface area contributed by atoms with Gasteiger partial charge in [0.2, 0.25) is 11.9 Å². The summed E-state index contributed by atoms with van der Waals surface area (Å²) < 4.78 is 18.1. The molecule has 2 fully saturated rings. The molecule has 202 valence electrons. The quantitative estimate of drug-likeness (QED) is 0.389. The highest BCUT2D eigenvalue weighted by molar-refractivity contribution is 5.97. The van der Waals surface area contributed by atoms with Crippen LogP contribution in [0.5, 0.6) is 11.5 Å². The number of carbonyl (C=O) groups is 1. The third kappa shape index (κ3) is 7.00. The van der Waals surface area contributed by atoms with Crippen LogP contribution in [-0.2, 0) is 4.74 Å². The van der Waals surface area contributed by atoms with Crippen molar-refractivity contribution >= 4 is 23.5 Å². The number of rotatable bonds is 11. The minimum Gasteiger partial charge on any atom is -0.492 e. The van der Waals surface area contributed by atoms with Gasteiger partial charge in [0.05, 0.1) is 13.2 Å². The van der Waals surface area contributed by atoms with Gasteiger partial charge in [0.15, 0.2) is 0 Å². The summed E-state index contributed by atoms with van der Waals surface area (Å²) in [6, 6.07) is 14.5. The monoisotopic (exact) mass is 521 g/mol. The average molecular weight is 522 g/mol. The zero-order chi connectivity index (χ0) is 26.2. The predicted octanol–water partition coefficient (Wildman–Crippen LogP) is 2.48. The summed E-state index contributed by atoms with van der Waals surface area (Å²) in [4.78, 5) is 21.9. The molecule has 1 aromatic heterocycles. The van der Waals surface area contributed by atoms with Crippen LogP contribution in [0.15, 0.2) is 48.5 Å². The molecule has 3 heterocycles. The largest absolute Gasteiger partial charge is 0.492 e. The molecule has 38 heavy (non-hydrogen) atoms. The second kappa shape index (κ2) is 12.7. The Morgan fingerprint density at radius 2 is 1.45 bits per heavy atom. The zero-order valence-corrected chi connectivity index (χ0v) is 21.6. The number of hydrogen-bond acceptors (Lipinski definition) is 10. The summed E-state index contributed by atoms with van der Waals surface area (Å²) in [5.74, 6) is 1.38. The van der Waals surface area contributed by atoms with Gasteiger partial charge in [0.25, 0.3) is 5.91 Å². The Hall–Kier alpha value is -3.67. The summed E-state index contributed by atoms with van der Waals surface area (Å²) in [5.41, 5.74) is 7.20. The van der Waals surface area contributed by atoms with Gasteiger partial charge in [-0.2, -0.15) is 9.67 Å². The minimum absolute atomic E-state index is 0.00482. The number of nitrogen functional groups attached to an aromatic ring is 1. The third-order valence-electron chi connectivity index (χ3n) is 6.69. The molecule has 2 saturated heterocycles. The van der Waals surface area contributed by atoms with Crippen LogP contribution in [0, 0.1) is 0 Å². The highest BCUT2D eigenvalue weighted by atomic mass is 16.5. The lowest BCUT2D eigenvalue weighted by atomic mass is 10.2. The Morgan fingerprint density at radius 1 is 0.868 bits per heavy atom. The summed E-state index contributed by atoms with van der Waals surface area (Å²) in [6.45, 7) is 8.71. The Kier molecular flexibility index (Phi) is 8.69. The molecule has 2 aromatic carbocycles. The van der Waals surface area contributed by atoms with Crippen molar-refractivity contribution in [2.24, 2.45) is 0 Å².